The molecule has 0 aliphatic carbocycles. The summed E-state index contributed by atoms with van der Waals surface area (Å²) >= 11 is 0. The molecule has 0 aromatic rings. The third kappa shape index (κ3) is 5.02. The van der Waals surface area contributed by atoms with Crippen molar-refractivity contribution in [2.24, 2.45) is 5.92 Å². The van der Waals surface area contributed by atoms with Crippen LogP contribution >= 0.6 is 0 Å². The molecule has 0 amide bonds. The van der Waals surface area contributed by atoms with E-state index >= 15 is 0 Å². The van der Waals surface area contributed by atoms with E-state index in [9.17, 15) is 5.11 Å². The van der Waals surface area contributed by atoms with Gasteiger partial charge in [-0.05, 0) is 25.7 Å². The van der Waals surface area contributed by atoms with Crippen molar-refractivity contribution >= 4 is 0 Å². The second-order valence-corrected chi connectivity index (χ2v) is 3.45. The van der Waals surface area contributed by atoms with E-state index in [2.05, 4.69) is 20.4 Å². The maximum Gasteiger partial charge on any atom is 0.0744 e. The summed E-state index contributed by atoms with van der Waals surface area (Å²) in [6.07, 6.45) is 2.88. The SMILES string of the molecule is C=C(C)C(O)CCC(C)CC. The first-order valence-corrected chi connectivity index (χ1v) is 4.41. The Hall–Kier alpha value is -0.300. The zero-order chi connectivity index (χ0) is 8.85. The van der Waals surface area contributed by atoms with Crippen LogP contribution < -0.4 is 0 Å². The average molecular weight is 156 g/mol. The summed E-state index contributed by atoms with van der Waals surface area (Å²) in [6, 6.07) is 0. The standard InChI is InChI=1S/C10H20O/c1-5-9(4)6-7-10(11)8(2)3/h9-11H,2,5-7H2,1,3-4H3. The molecule has 1 nitrogen and oxygen atoms in total. The Labute approximate surface area is 70.1 Å². The van der Waals surface area contributed by atoms with E-state index in [0.29, 0.717) is 0 Å². The van der Waals surface area contributed by atoms with Gasteiger partial charge in [0.15, 0.2) is 0 Å². The summed E-state index contributed by atoms with van der Waals surface area (Å²) in [4.78, 5) is 0. The minimum Gasteiger partial charge on any atom is -0.389 e. The van der Waals surface area contributed by atoms with Crippen molar-refractivity contribution in [2.75, 3.05) is 0 Å². The zero-order valence-corrected chi connectivity index (χ0v) is 7.93. The number of aliphatic hydroxyl groups is 1. The first kappa shape index (κ1) is 10.7. The van der Waals surface area contributed by atoms with Gasteiger partial charge in [-0.15, -0.1) is 0 Å². The molecule has 0 saturated carbocycles. The largest absolute Gasteiger partial charge is 0.389 e. The highest BCUT2D eigenvalue weighted by Gasteiger charge is 2.06. The van der Waals surface area contributed by atoms with Gasteiger partial charge in [-0.3, -0.25) is 0 Å². The van der Waals surface area contributed by atoms with E-state index in [4.69, 9.17) is 0 Å². The molecule has 0 fully saturated rings. The molecule has 0 aliphatic heterocycles. The first-order chi connectivity index (χ1) is 5.07. The van der Waals surface area contributed by atoms with Crippen LogP contribution in [0, 0.1) is 5.92 Å². The highest BCUT2D eigenvalue weighted by molar-refractivity contribution is 4.96. The molecule has 0 spiro atoms. The van der Waals surface area contributed by atoms with Gasteiger partial charge in [0.2, 0.25) is 0 Å². The van der Waals surface area contributed by atoms with E-state index < -0.39 is 0 Å². The monoisotopic (exact) mass is 156 g/mol. The van der Waals surface area contributed by atoms with Crippen LogP contribution in [0.3, 0.4) is 0 Å². The average Bonchev–Trinajstić information content (AvgIpc) is 1.99. The minimum absolute atomic E-state index is 0.288. The fraction of sp³-hybridized carbons (Fsp3) is 0.800. The molecule has 11 heavy (non-hydrogen) atoms. The lowest BCUT2D eigenvalue weighted by molar-refractivity contribution is 0.190. The Kier molecular flexibility index (Phi) is 5.22. The van der Waals surface area contributed by atoms with Crippen molar-refractivity contribution in [3.63, 3.8) is 0 Å². The Morgan fingerprint density at radius 1 is 1.45 bits per heavy atom. The van der Waals surface area contributed by atoms with Gasteiger partial charge in [0, 0.05) is 0 Å². The predicted octanol–water partition coefficient (Wildman–Crippen LogP) is 2.75. The zero-order valence-electron chi connectivity index (χ0n) is 7.93. The Balaban J connectivity index is 3.45. The second kappa shape index (κ2) is 5.36. The molecule has 1 N–H and O–H groups in total. The van der Waals surface area contributed by atoms with Crippen LogP contribution in [0.15, 0.2) is 12.2 Å². The lowest BCUT2D eigenvalue weighted by atomic mass is 9.98. The molecular formula is C10H20O. The Morgan fingerprint density at radius 3 is 2.36 bits per heavy atom. The van der Waals surface area contributed by atoms with Crippen LogP contribution in [0.5, 0.6) is 0 Å². The number of hydrogen-bond donors (Lipinski definition) is 1. The normalized spacial score (nSPS) is 16.0. The van der Waals surface area contributed by atoms with Crippen LogP contribution in [-0.2, 0) is 0 Å². The molecule has 66 valence electrons. The topological polar surface area (TPSA) is 20.2 Å². The van der Waals surface area contributed by atoms with Gasteiger partial charge in [0.05, 0.1) is 6.10 Å². The number of aliphatic hydroxyl groups excluding tert-OH is 1. The molecule has 0 rings (SSSR count). The second-order valence-electron chi connectivity index (χ2n) is 3.45. The van der Waals surface area contributed by atoms with E-state index in [-0.39, 0.29) is 6.10 Å². The maximum atomic E-state index is 9.37. The maximum absolute atomic E-state index is 9.37. The molecule has 0 radical (unpaired) electrons. The van der Waals surface area contributed by atoms with E-state index in [1.165, 1.54) is 6.42 Å². The van der Waals surface area contributed by atoms with Gasteiger partial charge in [0.25, 0.3) is 0 Å². The summed E-state index contributed by atoms with van der Waals surface area (Å²) in [7, 11) is 0. The molecule has 2 atom stereocenters. The quantitative estimate of drug-likeness (QED) is 0.607. The number of rotatable bonds is 5. The van der Waals surface area contributed by atoms with Gasteiger partial charge in [0.1, 0.15) is 0 Å². The van der Waals surface area contributed by atoms with Crippen LogP contribution in [0.1, 0.15) is 40.0 Å². The van der Waals surface area contributed by atoms with Crippen LogP contribution in [0.2, 0.25) is 0 Å². The third-order valence-electron chi connectivity index (χ3n) is 2.20. The molecule has 1 heteroatoms. The highest BCUT2D eigenvalue weighted by Crippen LogP contribution is 2.13. The summed E-state index contributed by atoms with van der Waals surface area (Å²) in [5.41, 5.74) is 0.883. The van der Waals surface area contributed by atoms with Crippen LogP contribution in [-0.4, -0.2) is 11.2 Å². The fourth-order valence-corrected chi connectivity index (χ4v) is 0.893. The van der Waals surface area contributed by atoms with Crippen molar-refractivity contribution < 1.29 is 5.11 Å². The molecule has 0 aromatic carbocycles. The summed E-state index contributed by atoms with van der Waals surface area (Å²) in [5.74, 6) is 0.726. The molecule has 2 unspecified atom stereocenters. The lowest BCUT2D eigenvalue weighted by Gasteiger charge is -2.12. The first-order valence-electron chi connectivity index (χ1n) is 4.41. The van der Waals surface area contributed by atoms with Crippen molar-refractivity contribution in [3.8, 4) is 0 Å². The van der Waals surface area contributed by atoms with Gasteiger partial charge < -0.3 is 5.11 Å². The van der Waals surface area contributed by atoms with Crippen LogP contribution in [0.25, 0.3) is 0 Å². The van der Waals surface area contributed by atoms with E-state index in [1.54, 1.807) is 0 Å². The van der Waals surface area contributed by atoms with Crippen molar-refractivity contribution in [3.05, 3.63) is 12.2 Å². The van der Waals surface area contributed by atoms with Crippen LogP contribution in [0.4, 0.5) is 0 Å². The van der Waals surface area contributed by atoms with Crippen molar-refractivity contribution in [1.82, 2.24) is 0 Å². The minimum atomic E-state index is -0.288. The van der Waals surface area contributed by atoms with E-state index in [1.807, 2.05) is 6.92 Å². The van der Waals surface area contributed by atoms with E-state index in [0.717, 1.165) is 24.3 Å². The fourth-order valence-electron chi connectivity index (χ4n) is 0.893. The highest BCUT2D eigenvalue weighted by atomic mass is 16.3. The smallest absolute Gasteiger partial charge is 0.0744 e. The Morgan fingerprint density at radius 2 is 2.00 bits per heavy atom. The molecule has 0 aromatic heterocycles. The van der Waals surface area contributed by atoms with Crippen molar-refractivity contribution in [2.45, 2.75) is 46.1 Å². The third-order valence-corrected chi connectivity index (χ3v) is 2.20. The summed E-state index contributed by atoms with van der Waals surface area (Å²) in [5, 5.41) is 9.37. The Bertz CT molecular complexity index is 118. The molecular weight excluding hydrogens is 136 g/mol. The molecule has 0 heterocycles. The number of hydrogen-bond acceptors (Lipinski definition) is 1. The van der Waals surface area contributed by atoms with Gasteiger partial charge >= 0.3 is 0 Å². The van der Waals surface area contributed by atoms with Gasteiger partial charge in [-0.25, -0.2) is 0 Å². The summed E-state index contributed by atoms with van der Waals surface area (Å²) < 4.78 is 0. The lowest BCUT2D eigenvalue weighted by Crippen LogP contribution is -2.08. The predicted molar refractivity (Wildman–Crippen MR) is 49.5 cm³/mol. The molecule has 0 aliphatic rings. The van der Waals surface area contributed by atoms with Gasteiger partial charge in [-0.1, -0.05) is 32.4 Å². The summed E-state index contributed by atoms with van der Waals surface area (Å²) in [6.45, 7) is 9.98. The van der Waals surface area contributed by atoms with Crippen molar-refractivity contribution in [1.29, 1.82) is 0 Å². The molecule has 0 saturated heterocycles. The van der Waals surface area contributed by atoms with Gasteiger partial charge in [-0.2, -0.15) is 0 Å². The molecule has 0 bridgehead atoms.